The van der Waals surface area contributed by atoms with Crippen molar-refractivity contribution in [1.82, 2.24) is 14.9 Å². The fraction of sp³-hybridized carbons (Fsp3) is 0.476. The van der Waals surface area contributed by atoms with Crippen LogP contribution in [0.25, 0.3) is 0 Å². The van der Waals surface area contributed by atoms with Crippen molar-refractivity contribution in [2.45, 2.75) is 32.0 Å². The van der Waals surface area contributed by atoms with Crippen LogP contribution in [0.5, 0.6) is 11.5 Å². The number of carboxylic acid groups (broad SMARTS) is 1. The molecule has 11 nitrogen and oxygen atoms in total. The summed E-state index contributed by atoms with van der Waals surface area (Å²) in [6, 6.07) is 3.54. The van der Waals surface area contributed by atoms with Crippen LogP contribution in [0.15, 0.2) is 24.5 Å². The van der Waals surface area contributed by atoms with Gasteiger partial charge < -0.3 is 40.3 Å². The number of pyridine rings is 2. The second-order valence-electron chi connectivity index (χ2n) is 7.50. The Morgan fingerprint density at radius 3 is 2.72 bits per heavy atom. The number of rotatable bonds is 9. The van der Waals surface area contributed by atoms with E-state index in [-0.39, 0.29) is 19.3 Å². The largest absolute Gasteiger partial charge is 0.490 e. The molecule has 1 atom stereocenters. The van der Waals surface area contributed by atoms with Gasteiger partial charge in [-0.1, -0.05) is 0 Å². The summed E-state index contributed by atoms with van der Waals surface area (Å²) in [5.74, 6) is 2.01. The molecule has 1 unspecified atom stereocenters. The highest BCUT2D eigenvalue weighted by Gasteiger charge is 2.25. The summed E-state index contributed by atoms with van der Waals surface area (Å²) >= 11 is 0. The van der Waals surface area contributed by atoms with Gasteiger partial charge in [-0.2, -0.15) is 0 Å². The lowest BCUT2D eigenvalue weighted by Crippen LogP contribution is -2.41. The lowest BCUT2D eigenvalue weighted by atomic mass is 10.1. The molecule has 32 heavy (non-hydrogen) atoms. The van der Waals surface area contributed by atoms with Crippen molar-refractivity contribution in [1.29, 1.82) is 0 Å². The van der Waals surface area contributed by atoms with E-state index in [0.29, 0.717) is 49.1 Å². The van der Waals surface area contributed by atoms with Gasteiger partial charge in [-0.3, -0.25) is 0 Å². The van der Waals surface area contributed by atoms with Gasteiger partial charge in [0.25, 0.3) is 0 Å². The number of aromatic nitrogens is 2. The minimum atomic E-state index is -0.911. The quantitative estimate of drug-likeness (QED) is 0.385. The van der Waals surface area contributed by atoms with Crippen LogP contribution >= 0.6 is 0 Å². The minimum absolute atomic E-state index is 0.113. The molecule has 11 heteroatoms. The van der Waals surface area contributed by atoms with E-state index < -0.39 is 12.2 Å². The zero-order chi connectivity index (χ0) is 23.1. The molecule has 1 aliphatic rings. The van der Waals surface area contributed by atoms with Crippen LogP contribution in [0.1, 0.15) is 18.4 Å². The second-order valence-corrected chi connectivity index (χ2v) is 7.50. The standard InChI is InChI=1S/C21H29N5O6/c1-13-9-18(23-10-14(28)12-27)24-11-16(13)25-20-19(31-2)17(3-6-22-20)32-15-4-7-26(8-5-15)21(29)30/h3,6,9,11,14-15,27-28H,4-5,7-8,10,12H2,1-2H3,(H,22,25)(H,23,24)(H,29,30). The molecule has 0 spiro atoms. The number of anilines is 3. The van der Waals surface area contributed by atoms with Crippen molar-refractivity contribution in [2.75, 3.05) is 44.0 Å². The summed E-state index contributed by atoms with van der Waals surface area (Å²) in [6.45, 7) is 2.63. The first-order valence-electron chi connectivity index (χ1n) is 10.3. The predicted molar refractivity (Wildman–Crippen MR) is 118 cm³/mol. The number of amides is 1. The number of carbonyl (C=O) groups is 1. The van der Waals surface area contributed by atoms with E-state index >= 15 is 0 Å². The van der Waals surface area contributed by atoms with E-state index in [0.717, 1.165) is 11.3 Å². The first kappa shape index (κ1) is 23.4. The Bertz CT molecular complexity index is 920. The van der Waals surface area contributed by atoms with Gasteiger partial charge in [0.15, 0.2) is 11.6 Å². The normalized spacial score (nSPS) is 15.2. The average Bonchev–Trinajstić information content (AvgIpc) is 2.79. The van der Waals surface area contributed by atoms with Gasteiger partial charge in [0, 0.05) is 44.7 Å². The summed E-state index contributed by atoms with van der Waals surface area (Å²) < 4.78 is 11.7. The molecule has 1 amide bonds. The van der Waals surface area contributed by atoms with Crippen LogP contribution in [0.4, 0.5) is 22.1 Å². The second kappa shape index (κ2) is 10.8. The molecule has 1 saturated heterocycles. The maximum Gasteiger partial charge on any atom is 0.407 e. The van der Waals surface area contributed by atoms with Gasteiger partial charge in [-0.05, 0) is 18.6 Å². The molecule has 0 saturated carbocycles. The SMILES string of the molecule is COc1c(OC2CCN(C(=O)O)CC2)ccnc1Nc1cnc(NCC(O)CO)cc1C. The van der Waals surface area contributed by atoms with Crippen molar-refractivity contribution in [3.05, 3.63) is 30.1 Å². The van der Waals surface area contributed by atoms with Gasteiger partial charge in [0.05, 0.1) is 31.7 Å². The van der Waals surface area contributed by atoms with Crippen molar-refractivity contribution in [3.8, 4) is 11.5 Å². The molecule has 1 aliphatic heterocycles. The van der Waals surface area contributed by atoms with Gasteiger partial charge in [-0.25, -0.2) is 14.8 Å². The number of piperidine rings is 1. The Kier molecular flexibility index (Phi) is 7.90. The number of aliphatic hydroxyl groups is 2. The number of methoxy groups -OCH3 is 1. The maximum atomic E-state index is 11.1. The van der Waals surface area contributed by atoms with E-state index in [4.69, 9.17) is 19.7 Å². The summed E-state index contributed by atoms with van der Waals surface area (Å²) in [6.07, 6.45) is 2.57. The average molecular weight is 447 g/mol. The third kappa shape index (κ3) is 5.89. The Morgan fingerprint density at radius 2 is 2.09 bits per heavy atom. The highest BCUT2D eigenvalue weighted by atomic mass is 16.5. The Hall–Kier alpha value is -3.31. The zero-order valence-electron chi connectivity index (χ0n) is 18.1. The van der Waals surface area contributed by atoms with Crippen LogP contribution in [-0.4, -0.2) is 81.8 Å². The molecular weight excluding hydrogens is 418 g/mol. The van der Waals surface area contributed by atoms with Gasteiger partial charge >= 0.3 is 6.09 Å². The fourth-order valence-corrected chi connectivity index (χ4v) is 3.35. The lowest BCUT2D eigenvalue weighted by molar-refractivity contribution is 0.0878. The molecule has 5 N–H and O–H groups in total. The monoisotopic (exact) mass is 447 g/mol. The third-order valence-electron chi connectivity index (χ3n) is 5.17. The molecule has 3 rings (SSSR count). The van der Waals surface area contributed by atoms with Crippen molar-refractivity contribution in [3.63, 3.8) is 0 Å². The fourth-order valence-electron chi connectivity index (χ4n) is 3.35. The number of nitrogens with zero attached hydrogens (tertiary/aromatic N) is 3. The number of hydrogen-bond acceptors (Lipinski definition) is 9. The number of nitrogens with one attached hydrogen (secondary N) is 2. The molecule has 3 heterocycles. The summed E-state index contributed by atoms with van der Waals surface area (Å²) in [4.78, 5) is 21.1. The number of aliphatic hydroxyl groups excluding tert-OH is 2. The maximum absolute atomic E-state index is 11.1. The van der Waals surface area contributed by atoms with E-state index in [1.165, 1.54) is 12.0 Å². The van der Waals surface area contributed by atoms with Crippen LogP contribution in [-0.2, 0) is 0 Å². The van der Waals surface area contributed by atoms with Gasteiger partial charge in [-0.15, -0.1) is 0 Å². The number of ether oxygens (including phenoxy) is 2. The molecule has 0 aromatic carbocycles. The van der Waals surface area contributed by atoms with Crippen LogP contribution in [0, 0.1) is 6.92 Å². The molecule has 0 aliphatic carbocycles. The summed E-state index contributed by atoms with van der Waals surface area (Å²) in [7, 11) is 1.53. The van der Waals surface area contributed by atoms with Crippen molar-refractivity contribution >= 4 is 23.4 Å². The molecule has 0 radical (unpaired) electrons. The van der Waals surface area contributed by atoms with Crippen LogP contribution in [0.3, 0.4) is 0 Å². The molecule has 2 aromatic heterocycles. The number of aryl methyl sites for hydroxylation is 1. The van der Waals surface area contributed by atoms with Crippen LogP contribution in [0.2, 0.25) is 0 Å². The Labute approximate surface area is 186 Å². The molecule has 1 fully saturated rings. The lowest BCUT2D eigenvalue weighted by Gasteiger charge is -2.30. The predicted octanol–water partition coefficient (Wildman–Crippen LogP) is 1.82. The van der Waals surface area contributed by atoms with E-state index in [1.807, 2.05) is 13.0 Å². The highest BCUT2D eigenvalue weighted by Crippen LogP contribution is 2.37. The van der Waals surface area contributed by atoms with Gasteiger partial charge in [0.1, 0.15) is 11.9 Å². The first-order chi connectivity index (χ1) is 15.4. The van der Waals surface area contributed by atoms with E-state index in [2.05, 4.69) is 20.6 Å². The van der Waals surface area contributed by atoms with Crippen molar-refractivity contribution < 1.29 is 29.6 Å². The highest BCUT2D eigenvalue weighted by molar-refractivity contribution is 5.68. The number of hydrogen-bond donors (Lipinski definition) is 5. The first-order valence-corrected chi connectivity index (χ1v) is 10.3. The number of likely N-dealkylation sites (tertiary alicyclic amines) is 1. The molecule has 0 bridgehead atoms. The van der Waals surface area contributed by atoms with E-state index in [9.17, 15) is 9.90 Å². The zero-order valence-corrected chi connectivity index (χ0v) is 18.1. The molecule has 2 aromatic rings. The molecule has 174 valence electrons. The van der Waals surface area contributed by atoms with Crippen LogP contribution < -0.4 is 20.1 Å². The summed E-state index contributed by atoms with van der Waals surface area (Å²) in [5, 5.41) is 33.6. The van der Waals surface area contributed by atoms with Gasteiger partial charge in [0.2, 0.25) is 5.75 Å². The summed E-state index contributed by atoms with van der Waals surface area (Å²) in [5.41, 5.74) is 1.60. The smallest absolute Gasteiger partial charge is 0.407 e. The Balaban J connectivity index is 1.69. The van der Waals surface area contributed by atoms with Crippen molar-refractivity contribution in [2.24, 2.45) is 0 Å². The van der Waals surface area contributed by atoms with E-state index in [1.54, 1.807) is 18.5 Å². The Morgan fingerprint density at radius 1 is 1.34 bits per heavy atom. The topological polar surface area (TPSA) is 149 Å². The minimum Gasteiger partial charge on any atom is -0.490 e. The third-order valence-corrected chi connectivity index (χ3v) is 5.17. The molecular formula is C21H29N5O6.